The van der Waals surface area contributed by atoms with Gasteiger partial charge in [0.05, 0.1) is 5.41 Å². The summed E-state index contributed by atoms with van der Waals surface area (Å²) >= 11 is 3.75. The SMILES string of the molecule is c1ccc2c(c1)Sc1ccc(Nc3cccc4sc5ccccc5c34)cc1C21c2ccccc2-c2c1ccc1ccccc21. The quantitative estimate of drug-likeness (QED) is 0.213. The van der Waals surface area contributed by atoms with Gasteiger partial charge in [0.25, 0.3) is 0 Å². The molecule has 0 radical (unpaired) electrons. The number of hydrogen-bond donors (Lipinski definition) is 1. The third-order valence-corrected chi connectivity index (χ3v) is 11.8. The molecule has 2 heterocycles. The van der Waals surface area contributed by atoms with Gasteiger partial charge in [0.2, 0.25) is 0 Å². The Morgan fingerprint density at radius 2 is 1.25 bits per heavy atom. The molecule has 1 aromatic heterocycles. The summed E-state index contributed by atoms with van der Waals surface area (Å²) in [5.74, 6) is 0. The van der Waals surface area contributed by atoms with Crippen LogP contribution in [0.2, 0.25) is 0 Å². The second kappa shape index (κ2) is 9.09. The van der Waals surface area contributed by atoms with Gasteiger partial charge < -0.3 is 5.32 Å². The monoisotopic (exact) mass is 595 g/mol. The Hall–Kier alpha value is -4.83. The second-order valence-corrected chi connectivity index (χ2v) is 13.9. The van der Waals surface area contributed by atoms with Crippen LogP contribution in [0, 0.1) is 0 Å². The van der Waals surface area contributed by atoms with E-state index in [9.17, 15) is 0 Å². The molecule has 0 saturated carbocycles. The van der Waals surface area contributed by atoms with Crippen LogP contribution in [-0.2, 0) is 5.41 Å². The summed E-state index contributed by atoms with van der Waals surface area (Å²) in [4.78, 5) is 2.63. The van der Waals surface area contributed by atoms with E-state index < -0.39 is 5.41 Å². The minimum atomic E-state index is -0.411. The molecule has 10 rings (SSSR count). The lowest BCUT2D eigenvalue weighted by Crippen LogP contribution is -2.32. The summed E-state index contributed by atoms with van der Waals surface area (Å²) in [6.07, 6.45) is 0. The molecule has 1 atom stereocenters. The Morgan fingerprint density at radius 3 is 2.20 bits per heavy atom. The number of thiophene rings is 1. The lowest BCUT2D eigenvalue weighted by Gasteiger charge is -2.40. The fraction of sp³-hybridized carbons (Fsp3) is 0.0244. The zero-order chi connectivity index (χ0) is 28.8. The molecule has 0 saturated heterocycles. The van der Waals surface area contributed by atoms with E-state index in [2.05, 4.69) is 151 Å². The van der Waals surface area contributed by atoms with E-state index in [1.165, 1.54) is 74.1 Å². The Morgan fingerprint density at radius 1 is 0.500 bits per heavy atom. The van der Waals surface area contributed by atoms with Gasteiger partial charge in [-0.3, -0.25) is 0 Å². The van der Waals surface area contributed by atoms with Crippen molar-refractivity contribution in [3.63, 3.8) is 0 Å². The van der Waals surface area contributed by atoms with Gasteiger partial charge in [-0.25, -0.2) is 0 Å². The molecular weight excluding hydrogens is 571 g/mol. The van der Waals surface area contributed by atoms with Crippen molar-refractivity contribution in [3.05, 3.63) is 168 Å². The molecule has 1 nitrogen and oxygen atoms in total. The van der Waals surface area contributed by atoms with Gasteiger partial charge in [-0.05, 0) is 86.6 Å². The standard InChI is InChI=1S/C41H25NS2/c1-2-11-27-25(10-1)20-22-32-39(27)28-12-3-5-14-30(28)41(32)31-15-6-8-18-36(31)44-37-23-21-26(24-33(37)41)42-34-16-9-19-38-40(34)29-13-4-7-17-35(29)43-38/h1-24,42H. The molecule has 1 aliphatic carbocycles. The summed E-state index contributed by atoms with van der Waals surface area (Å²) in [5, 5.41) is 9.08. The molecule has 8 aromatic rings. The largest absolute Gasteiger partial charge is 0.355 e. The van der Waals surface area contributed by atoms with Crippen LogP contribution in [0.15, 0.2) is 155 Å². The molecule has 1 N–H and O–H groups in total. The van der Waals surface area contributed by atoms with Crippen LogP contribution in [0.5, 0.6) is 0 Å². The fourth-order valence-corrected chi connectivity index (χ4v) is 10.1. The second-order valence-electron chi connectivity index (χ2n) is 11.7. The van der Waals surface area contributed by atoms with Gasteiger partial charge in [0.1, 0.15) is 0 Å². The third kappa shape index (κ3) is 3.21. The lowest BCUT2D eigenvalue weighted by atomic mass is 9.67. The van der Waals surface area contributed by atoms with Crippen molar-refractivity contribution in [2.75, 3.05) is 5.32 Å². The fourth-order valence-electron chi connectivity index (χ4n) is 7.78. The van der Waals surface area contributed by atoms with Crippen molar-refractivity contribution >= 4 is 65.4 Å². The summed E-state index contributed by atoms with van der Waals surface area (Å²) in [6.45, 7) is 0. The summed E-state index contributed by atoms with van der Waals surface area (Å²) < 4.78 is 2.63. The lowest BCUT2D eigenvalue weighted by molar-refractivity contribution is 0.723. The third-order valence-electron chi connectivity index (χ3n) is 9.51. The number of benzene rings is 7. The van der Waals surface area contributed by atoms with E-state index in [1.807, 2.05) is 23.1 Å². The van der Waals surface area contributed by atoms with Crippen molar-refractivity contribution in [2.45, 2.75) is 15.2 Å². The van der Waals surface area contributed by atoms with Crippen LogP contribution in [0.4, 0.5) is 11.4 Å². The number of rotatable bonds is 2. The minimum absolute atomic E-state index is 0.411. The van der Waals surface area contributed by atoms with Crippen LogP contribution >= 0.6 is 23.1 Å². The smallest absolute Gasteiger partial charge is 0.0736 e. The number of hydrogen-bond acceptors (Lipinski definition) is 3. The van der Waals surface area contributed by atoms with Gasteiger partial charge in [-0.2, -0.15) is 0 Å². The van der Waals surface area contributed by atoms with Crippen LogP contribution in [-0.4, -0.2) is 0 Å². The topological polar surface area (TPSA) is 12.0 Å². The first kappa shape index (κ1) is 24.6. The number of fused-ring (bicyclic) bond motifs is 14. The van der Waals surface area contributed by atoms with Crippen molar-refractivity contribution in [2.24, 2.45) is 0 Å². The molecular formula is C41H25NS2. The van der Waals surface area contributed by atoms with Crippen LogP contribution < -0.4 is 5.32 Å². The molecule has 1 spiro atoms. The zero-order valence-corrected chi connectivity index (χ0v) is 25.3. The maximum absolute atomic E-state index is 3.88. The highest BCUT2D eigenvalue weighted by Crippen LogP contribution is 2.63. The van der Waals surface area contributed by atoms with E-state index in [1.54, 1.807) is 0 Å². The number of nitrogens with one attached hydrogen (secondary N) is 1. The van der Waals surface area contributed by atoms with E-state index >= 15 is 0 Å². The molecule has 7 aromatic carbocycles. The van der Waals surface area contributed by atoms with Crippen molar-refractivity contribution in [1.29, 1.82) is 0 Å². The predicted octanol–water partition coefficient (Wildman–Crippen LogP) is 11.8. The molecule has 44 heavy (non-hydrogen) atoms. The van der Waals surface area contributed by atoms with E-state index in [-0.39, 0.29) is 0 Å². The van der Waals surface area contributed by atoms with Crippen molar-refractivity contribution in [3.8, 4) is 11.1 Å². The van der Waals surface area contributed by atoms with E-state index in [0.717, 1.165) is 11.4 Å². The van der Waals surface area contributed by atoms with Gasteiger partial charge in [0, 0.05) is 41.3 Å². The average molecular weight is 596 g/mol. The average Bonchev–Trinajstić information content (AvgIpc) is 3.60. The zero-order valence-electron chi connectivity index (χ0n) is 23.7. The van der Waals surface area contributed by atoms with Crippen molar-refractivity contribution in [1.82, 2.24) is 0 Å². The molecule has 1 unspecified atom stereocenters. The Kier molecular flexibility index (Phi) is 5.08. The summed E-state index contributed by atoms with van der Waals surface area (Å²) in [6, 6.07) is 54.0. The Balaban J connectivity index is 1.26. The Labute approximate surface area is 263 Å². The predicted molar refractivity (Wildman–Crippen MR) is 188 cm³/mol. The molecule has 206 valence electrons. The van der Waals surface area contributed by atoms with Gasteiger partial charge >= 0.3 is 0 Å². The Bertz CT molecular complexity index is 2470. The molecule has 0 bridgehead atoms. The minimum Gasteiger partial charge on any atom is -0.355 e. The van der Waals surface area contributed by atoms with Crippen molar-refractivity contribution < 1.29 is 0 Å². The van der Waals surface area contributed by atoms with Crippen LogP contribution in [0.1, 0.15) is 22.3 Å². The van der Waals surface area contributed by atoms with Gasteiger partial charge in [-0.1, -0.05) is 115 Å². The molecule has 3 heteroatoms. The maximum atomic E-state index is 3.88. The first-order valence-electron chi connectivity index (χ1n) is 15.0. The first-order valence-corrected chi connectivity index (χ1v) is 16.7. The molecule has 2 aliphatic rings. The van der Waals surface area contributed by atoms with Crippen LogP contribution in [0.3, 0.4) is 0 Å². The van der Waals surface area contributed by atoms with Gasteiger partial charge in [-0.15, -0.1) is 11.3 Å². The van der Waals surface area contributed by atoms with Gasteiger partial charge in [0.15, 0.2) is 0 Å². The maximum Gasteiger partial charge on any atom is 0.0736 e. The van der Waals surface area contributed by atoms with E-state index in [4.69, 9.17) is 0 Å². The highest BCUT2D eigenvalue weighted by molar-refractivity contribution is 7.99. The normalized spacial score (nSPS) is 16.2. The molecule has 0 amide bonds. The van der Waals surface area contributed by atoms with E-state index in [0.29, 0.717) is 0 Å². The molecule has 1 aliphatic heterocycles. The summed E-state index contributed by atoms with van der Waals surface area (Å²) in [7, 11) is 0. The highest BCUT2D eigenvalue weighted by atomic mass is 32.2. The highest BCUT2D eigenvalue weighted by Gasteiger charge is 2.50. The molecule has 0 fully saturated rings. The number of anilines is 2. The summed E-state index contributed by atoms with van der Waals surface area (Å²) in [5.41, 5.74) is 9.98. The first-order chi connectivity index (χ1) is 21.8. The van der Waals surface area contributed by atoms with Crippen LogP contribution in [0.25, 0.3) is 42.1 Å².